The van der Waals surface area contributed by atoms with E-state index in [4.69, 9.17) is 0 Å². The number of likely N-dealkylation sites (N-methyl/N-ethyl adjacent to an activating group) is 2. The summed E-state index contributed by atoms with van der Waals surface area (Å²) in [6, 6.07) is 6.37. The molecule has 4 nitrogen and oxygen atoms in total. The monoisotopic (exact) mass is 263 g/mol. The number of carbonyl (C=O) groups excluding carboxylic acids is 1. The van der Waals surface area contributed by atoms with Crippen LogP contribution in [0.3, 0.4) is 0 Å². The van der Waals surface area contributed by atoms with Gasteiger partial charge in [0, 0.05) is 32.9 Å². The number of hydrogen-bond donors (Lipinski definition) is 1. The van der Waals surface area contributed by atoms with Crippen molar-refractivity contribution in [2.45, 2.75) is 20.4 Å². The summed E-state index contributed by atoms with van der Waals surface area (Å²) in [5, 5.41) is 3.16. The van der Waals surface area contributed by atoms with E-state index < -0.39 is 0 Å². The molecule has 0 heterocycles. The summed E-state index contributed by atoms with van der Waals surface area (Å²) in [4.78, 5) is 15.5. The van der Waals surface area contributed by atoms with Gasteiger partial charge in [0.15, 0.2) is 0 Å². The molecule has 0 unspecified atom stereocenters. The molecule has 1 rings (SSSR count). The average molecular weight is 263 g/mol. The van der Waals surface area contributed by atoms with Crippen LogP contribution in [0.1, 0.15) is 18.1 Å². The number of amides is 1. The molecule has 19 heavy (non-hydrogen) atoms. The zero-order valence-corrected chi connectivity index (χ0v) is 12.7. The van der Waals surface area contributed by atoms with Crippen LogP contribution >= 0.6 is 0 Å². The van der Waals surface area contributed by atoms with E-state index in [9.17, 15) is 4.79 Å². The first-order valence-electron chi connectivity index (χ1n) is 6.68. The van der Waals surface area contributed by atoms with Crippen molar-refractivity contribution in [2.24, 2.45) is 0 Å². The molecule has 0 aliphatic heterocycles. The molecule has 0 radical (unpaired) electrons. The van der Waals surface area contributed by atoms with Gasteiger partial charge < -0.3 is 15.1 Å². The van der Waals surface area contributed by atoms with Gasteiger partial charge in [-0.3, -0.25) is 4.79 Å². The minimum absolute atomic E-state index is 0.124. The fraction of sp³-hybridized carbons (Fsp3) is 0.533. The van der Waals surface area contributed by atoms with Crippen LogP contribution in [0.15, 0.2) is 18.2 Å². The molecule has 4 heteroatoms. The van der Waals surface area contributed by atoms with Gasteiger partial charge >= 0.3 is 0 Å². The van der Waals surface area contributed by atoms with Gasteiger partial charge in [0.1, 0.15) is 0 Å². The zero-order valence-electron chi connectivity index (χ0n) is 12.7. The molecule has 1 aromatic rings. The highest BCUT2D eigenvalue weighted by atomic mass is 16.2. The number of carbonyl (C=O) groups is 1. The first kappa shape index (κ1) is 15.5. The molecule has 0 aliphatic carbocycles. The lowest BCUT2D eigenvalue weighted by atomic mass is 10.1. The van der Waals surface area contributed by atoms with E-state index in [-0.39, 0.29) is 5.91 Å². The molecular formula is C15H25N3O. The Morgan fingerprint density at radius 3 is 2.47 bits per heavy atom. The van der Waals surface area contributed by atoms with Crippen molar-refractivity contribution in [1.82, 2.24) is 10.2 Å². The van der Waals surface area contributed by atoms with E-state index in [1.54, 1.807) is 19.0 Å². The molecule has 0 saturated carbocycles. The van der Waals surface area contributed by atoms with E-state index in [0.29, 0.717) is 6.54 Å². The average Bonchev–Trinajstić information content (AvgIpc) is 2.38. The highest BCUT2D eigenvalue weighted by molar-refractivity contribution is 5.81. The van der Waals surface area contributed by atoms with Gasteiger partial charge in [-0.05, 0) is 44.2 Å². The van der Waals surface area contributed by atoms with Crippen LogP contribution in [0.5, 0.6) is 0 Å². The summed E-state index contributed by atoms with van der Waals surface area (Å²) in [5.41, 5.74) is 3.65. The maximum Gasteiger partial charge on any atom is 0.241 e. The van der Waals surface area contributed by atoms with Crippen LogP contribution in [0.2, 0.25) is 0 Å². The smallest absolute Gasteiger partial charge is 0.241 e. The normalized spacial score (nSPS) is 10.4. The molecule has 1 N–H and O–H groups in total. The topological polar surface area (TPSA) is 35.6 Å². The Kier molecular flexibility index (Phi) is 5.83. The van der Waals surface area contributed by atoms with Gasteiger partial charge in [0.25, 0.3) is 0 Å². The van der Waals surface area contributed by atoms with Gasteiger partial charge in [-0.2, -0.15) is 0 Å². The molecule has 106 valence electrons. The predicted molar refractivity (Wildman–Crippen MR) is 80.5 cm³/mol. The predicted octanol–water partition coefficient (Wildman–Crippen LogP) is 1.63. The highest BCUT2D eigenvalue weighted by Crippen LogP contribution is 2.19. The second-order valence-corrected chi connectivity index (χ2v) is 4.94. The Morgan fingerprint density at radius 2 is 2.00 bits per heavy atom. The lowest BCUT2D eigenvalue weighted by Gasteiger charge is -2.25. The van der Waals surface area contributed by atoms with Crippen molar-refractivity contribution in [2.75, 3.05) is 39.1 Å². The Bertz CT molecular complexity index is 429. The minimum Gasteiger partial charge on any atom is -0.362 e. The minimum atomic E-state index is 0.124. The molecule has 1 amide bonds. The summed E-state index contributed by atoms with van der Waals surface area (Å²) in [6.07, 6.45) is 0. The fourth-order valence-electron chi connectivity index (χ4n) is 1.96. The Balaban J connectivity index is 2.87. The Labute approximate surface area is 116 Å². The number of aryl methyl sites for hydroxylation is 1. The van der Waals surface area contributed by atoms with E-state index >= 15 is 0 Å². The highest BCUT2D eigenvalue weighted by Gasteiger charge is 2.12. The third-order valence-electron chi connectivity index (χ3n) is 3.27. The van der Waals surface area contributed by atoms with E-state index in [2.05, 4.69) is 42.3 Å². The molecule has 0 bridgehead atoms. The number of hydrogen-bond acceptors (Lipinski definition) is 3. The quantitative estimate of drug-likeness (QED) is 0.847. The van der Waals surface area contributed by atoms with Gasteiger partial charge in [-0.25, -0.2) is 0 Å². The van der Waals surface area contributed by atoms with Crippen molar-refractivity contribution < 1.29 is 4.79 Å². The van der Waals surface area contributed by atoms with Crippen molar-refractivity contribution >= 4 is 11.6 Å². The number of benzene rings is 1. The van der Waals surface area contributed by atoms with Crippen LogP contribution in [0.4, 0.5) is 5.69 Å². The standard InChI is InChI=1S/C15H25N3O/c1-6-18(11-15(19)17(4)5)14-8-7-13(10-16-3)12(2)9-14/h7-9,16H,6,10-11H2,1-5H3. The summed E-state index contributed by atoms with van der Waals surface area (Å²) in [6.45, 7) is 6.30. The first-order chi connectivity index (χ1) is 8.99. The van der Waals surface area contributed by atoms with Crippen LogP contribution in [-0.4, -0.2) is 45.0 Å². The van der Waals surface area contributed by atoms with E-state index in [1.807, 2.05) is 7.05 Å². The first-order valence-corrected chi connectivity index (χ1v) is 6.68. The maximum atomic E-state index is 11.8. The molecule has 0 saturated heterocycles. The zero-order chi connectivity index (χ0) is 14.4. The lowest BCUT2D eigenvalue weighted by Crippen LogP contribution is -2.36. The van der Waals surface area contributed by atoms with E-state index in [0.717, 1.165) is 18.8 Å². The lowest BCUT2D eigenvalue weighted by molar-refractivity contribution is -0.127. The largest absolute Gasteiger partial charge is 0.362 e. The van der Waals surface area contributed by atoms with Gasteiger partial charge in [-0.15, -0.1) is 0 Å². The van der Waals surface area contributed by atoms with Crippen molar-refractivity contribution in [3.8, 4) is 0 Å². The van der Waals surface area contributed by atoms with E-state index in [1.165, 1.54) is 11.1 Å². The Hall–Kier alpha value is -1.55. The molecule has 1 aromatic carbocycles. The van der Waals surface area contributed by atoms with Crippen LogP contribution < -0.4 is 10.2 Å². The number of nitrogens with one attached hydrogen (secondary N) is 1. The van der Waals surface area contributed by atoms with Crippen LogP contribution in [0.25, 0.3) is 0 Å². The second kappa shape index (κ2) is 7.14. The summed E-state index contributed by atoms with van der Waals surface area (Å²) >= 11 is 0. The molecule has 0 aliphatic rings. The summed E-state index contributed by atoms with van der Waals surface area (Å²) in [7, 11) is 5.52. The maximum absolute atomic E-state index is 11.8. The second-order valence-electron chi connectivity index (χ2n) is 4.94. The molecule has 0 atom stereocenters. The van der Waals surface area contributed by atoms with Crippen LogP contribution in [-0.2, 0) is 11.3 Å². The third kappa shape index (κ3) is 4.24. The molecule has 0 aromatic heterocycles. The molecular weight excluding hydrogens is 238 g/mol. The van der Waals surface area contributed by atoms with Gasteiger partial charge in [0.05, 0.1) is 6.54 Å². The molecule has 0 spiro atoms. The SMILES string of the molecule is CCN(CC(=O)N(C)C)c1ccc(CNC)c(C)c1. The Morgan fingerprint density at radius 1 is 1.32 bits per heavy atom. The third-order valence-corrected chi connectivity index (χ3v) is 3.27. The van der Waals surface area contributed by atoms with Crippen molar-refractivity contribution in [3.05, 3.63) is 29.3 Å². The number of nitrogens with zero attached hydrogens (tertiary/aromatic N) is 2. The number of rotatable bonds is 6. The van der Waals surface area contributed by atoms with Gasteiger partial charge in [-0.1, -0.05) is 6.07 Å². The van der Waals surface area contributed by atoms with Crippen molar-refractivity contribution in [3.63, 3.8) is 0 Å². The summed E-state index contributed by atoms with van der Waals surface area (Å²) in [5.74, 6) is 0.124. The van der Waals surface area contributed by atoms with Crippen LogP contribution in [0, 0.1) is 6.92 Å². The van der Waals surface area contributed by atoms with Gasteiger partial charge in [0.2, 0.25) is 5.91 Å². The fourth-order valence-corrected chi connectivity index (χ4v) is 1.96. The van der Waals surface area contributed by atoms with Crippen molar-refractivity contribution in [1.29, 1.82) is 0 Å². The molecule has 0 fully saturated rings. The number of anilines is 1. The summed E-state index contributed by atoms with van der Waals surface area (Å²) < 4.78 is 0.